The molecular weight excluding hydrogens is 374 g/mol. The number of rotatable bonds is 8. The van der Waals surface area contributed by atoms with Crippen molar-refractivity contribution in [1.29, 1.82) is 0 Å². The second-order valence-corrected chi connectivity index (χ2v) is 7.13. The van der Waals surface area contributed by atoms with Crippen molar-refractivity contribution in [2.75, 3.05) is 25.3 Å². The van der Waals surface area contributed by atoms with E-state index in [4.69, 9.17) is 10.6 Å². The highest BCUT2D eigenvalue weighted by atomic mass is 32.2. The minimum absolute atomic E-state index is 0.0830. The number of methoxy groups -OCH3 is 1. The second kappa shape index (κ2) is 9.27. The molecule has 7 nitrogen and oxygen atoms in total. The zero-order valence-electron chi connectivity index (χ0n) is 15.9. The molecule has 0 aliphatic carbocycles. The molecule has 0 saturated carbocycles. The standard InChI is InChI=1S/C20H23N5O2S/c1-14-7-3-5-9-16(14)19-23-24-20(25(19)21)28-13-18(26)22-12-11-15-8-4-6-10-17(15)27-2/h3-10H,11-13,21H2,1-2H3,(H,22,26). The minimum atomic E-state index is -0.0830. The summed E-state index contributed by atoms with van der Waals surface area (Å²) in [6, 6.07) is 15.6. The van der Waals surface area contributed by atoms with Gasteiger partial charge in [-0.3, -0.25) is 4.79 Å². The maximum Gasteiger partial charge on any atom is 0.230 e. The van der Waals surface area contributed by atoms with E-state index in [1.807, 2.05) is 55.5 Å². The Morgan fingerprint density at radius 2 is 1.93 bits per heavy atom. The number of carbonyl (C=O) groups is 1. The van der Waals surface area contributed by atoms with Crippen LogP contribution in [0.4, 0.5) is 0 Å². The van der Waals surface area contributed by atoms with Gasteiger partial charge in [-0.15, -0.1) is 10.2 Å². The normalized spacial score (nSPS) is 10.6. The highest BCUT2D eigenvalue weighted by Crippen LogP contribution is 2.24. The van der Waals surface area contributed by atoms with Gasteiger partial charge in [0.05, 0.1) is 12.9 Å². The number of hydrogen-bond donors (Lipinski definition) is 2. The predicted octanol–water partition coefficient (Wildman–Crippen LogP) is 2.43. The van der Waals surface area contributed by atoms with E-state index < -0.39 is 0 Å². The smallest absolute Gasteiger partial charge is 0.230 e. The van der Waals surface area contributed by atoms with Crippen LogP contribution >= 0.6 is 11.8 Å². The molecule has 28 heavy (non-hydrogen) atoms. The van der Waals surface area contributed by atoms with Gasteiger partial charge in [0.1, 0.15) is 5.75 Å². The van der Waals surface area contributed by atoms with Crippen molar-refractivity contribution >= 4 is 17.7 Å². The number of thioether (sulfide) groups is 1. The molecule has 3 rings (SSSR count). The molecule has 3 N–H and O–H groups in total. The van der Waals surface area contributed by atoms with Gasteiger partial charge in [-0.2, -0.15) is 0 Å². The summed E-state index contributed by atoms with van der Waals surface area (Å²) in [5.74, 6) is 7.66. The quantitative estimate of drug-likeness (QED) is 0.448. The molecule has 1 amide bonds. The summed E-state index contributed by atoms with van der Waals surface area (Å²) in [7, 11) is 1.64. The summed E-state index contributed by atoms with van der Waals surface area (Å²) < 4.78 is 6.75. The van der Waals surface area contributed by atoms with Gasteiger partial charge in [0.15, 0.2) is 5.82 Å². The number of aryl methyl sites for hydroxylation is 1. The molecule has 1 aromatic heterocycles. The van der Waals surface area contributed by atoms with Gasteiger partial charge in [0.2, 0.25) is 11.1 Å². The third-order valence-corrected chi connectivity index (χ3v) is 5.23. The summed E-state index contributed by atoms with van der Waals surface area (Å²) in [5, 5.41) is 11.7. The number of aromatic nitrogens is 3. The monoisotopic (exact) mass is 397 g/mol. The van der Waals surface area contributed by atoms with Gasteiger partial charge < -0.3 is 15.9 Å². The zero-order valence-corrected chi connectivity index (χ0v) is 16.7. The van der Waals surface area contributed by atoms with Gasteiger partial charge in [-0.1, -0.05) is 54.2 Å². The van der Waals surface area contributed by atoms with Crippen LogP contribution in [0.15, 0.2) is 53.7 Å². The Bertz CT molecular complexity index is 957. The first kappa shape index (κ1) is 19.8. The summed E-state index contributed by atoms with van der Waals surface area (Å²) in [6.45, 7) is 2.52. The minimum Gasteiger partial charge on any atom is -0.496 e. The van der Waals surface area contributed by atoms with Gasteiger partial charge in [0, 0.05) is 12.1 Å². The van der Waals surface area contributed by atoms with E-state index in [0.717, 1.165) is 22.4 Å². The van der Waals surface area contributed by atoms with Crippen LogP contribution in [-0.4, -0.2) is 40.2 Å². The first-order valence-electron chi connectivity index (χ1n) is 8.88. The highest BCUT2D eigenvalue weighted by Gasteiger charge is 2.15. The van der Waals surface area contributed by atoms with Crippen LogP contribution in [0, 0.1) is 6.92 Å². The van der Waals surface area contributed by atoms with Crippen LogP contribution in [0.1, 0.15) is 11.1 Å². The largest absolute Gasteiger partial charge is 0.496 e. The van der Waals surface area contributed by atoms with E-state index in [1.165, 1.54) is 16.4 Å². The first-order chi connectivity index (χ1) is 13.6. The topological polar surface area (TPSA) is 95.1 Å². The molecule has 146 valence electrons. The molecule has 0 bridgehead atoms. The molecule has 0 aliphatic heterocycles. The maximum atomic E-state index is 12.1. The van der Waals surface area contributed by atoms with E-state index in [2.05, 4.69) is 15.5 Å². The Labute approximate surface area is 168 Å². The van der Waals surface area contributed by atoms with Gasteiger partial charge in [-0.25, -0.2) is 4.68 Å². The van der Waals surface area contributed by atoms with Crippen molar-refractivity contribution in [3.8, 4) is 17.1 Å². The van der Waals surface area contributed by atoms with Crippen molar-refractivity contribution in [1.82, 2.24) is 20.2 Å². The molecule has 8 heteroatoms. The SMILES string of the molecule is COc1ccccc1CCNC(=O)CSc1nnc(-c2ccccc2C)n1N. The van der Waals surface area contributed by atoms with E-state index in [9.17, 15) is 4.79 Å². The number of nitrogens with one attached hydrogen (secondary N) is 1. The number of nitrogens with zero attached hydrogens (tertiary/aromatic N) is 3. The van der Waals surface area contributed by atoms with Crippen LogP contribution in [0.3, 0.4) is 0 Å². The van der Waals surface area contributed by atoms with Crippen LogP contribution < -0.4 is 15.9 Å². The van der Waals surface area contributed by atoms with Crippen molar-refractivity contribution in [3.63, 3.8) is 0 Å². The number of amides is 1. The number of para-hydroxylation sites is 1. The molecule has 0 saturated heterocycles. The van der Waals surface area contributed by atoms with Crippen molar-refractivity contribution in [2.24, 2.45) is 0 Å². The number of carbonyl (C=O) groups excluding carboxylic acids is 1. The molecule has 3 aromatic rings. The number of benzene rings is 2. The van der Waals surface area contributed by atoms with Crippen molar-refractivity contribution < 1.29 is 9.53 Å². The maximum absolute atomic E-state index is 12.1. The van der Waals surface area contributed by atoms with E-state index in [0.29, 0.717) is 23.9 Å². The number of hydrogen-bond acceptors (Lipinski definition) is 6. The lowest BCUT2D eigenvalue weighted by Gasteiger charge is -2.09. The Kier molecular flexibility index (Phi) is 6.54. The molecule has 0 unspecified atom stereocenters. The third kappa shape index (κ3) is 4.64. The molecule has 0 atom stereocenters. The lowest BCUT2D eigenvalue weighted by atomic mass is 10.1. The van der Waals surface area contributed by atoms with Crippen molar-refractivity contribution in [3.05, 3.63) is 59.7 Å². The lowest BCUT2D eigenvalue weighted by molar-refractivity contribution is -0.118. The fraction of sp³-hybridized carbons (Fsp3) is 0.250. The number of nitrogens with two attached hydrogens (primary N) is 1. The summed E-state index contributed by atoms with van der Waals surface area (Å²) in [5.41, 5.74) is 3.04. The molecule has 0 radical (unpaired) electrons. The summed E-state index contributed by atoms with van der Waals surface area (Å²) in [4.78, 5) is 12.1. The molecule has 1 heterocycles. The van der Waals surface area contributed by atoms with Crippen LogP contribution in [0.25, 0.3) is 11.4 Å². The molecular formula is C20H23N5O2S. The van der Waals surface area contributed by atoms with Gasteiger partial charge in [-0.05, 0) is 30.5 Å². The van der Waals surface area contributed by atoms with E-state index in [1.54, 1.807) is 7.11 Å². The van der Waals surface area contributed by atoms with Gasteiger partial charge >= 0.3 is 0 Å². The van der Waals surface area contributed by atoms with Gasteiger partial charge in [0.25, 0.3) is 0 Å². The first-order valence-corrected chi connectivity index (χ1v) is 9.86. The van der Waals surface area contributed by atoms with Crippen LogP contribution in [0.5, 0.6) is 5.75 Å². The Morgan fingerprint density at radius 3 is 2.71 bits per heavy atom. The molecule has 2 aromatic carbocycles. The second-order valence-electron chi connectivity index (χ2n) is 6.19. The Morgan fingerprint density at radius 1 is 1.18 bits per heavy atom. The predicted molar refractivity (Wildman–Crippen MR) is 111 cm³/mol. The number of nitrogen functional groups attached to an aromatic ring is 1. The summed E-state index contributed by atoms with van der Waals surface area (Å²) >= 11 is 1.26. The lowest BCUT2D eigenvalue weighted by Crippen LogP contribution is -2.27. The highest BCUT2D eigenvalue weighted by molar-refractivity contribution is 7.99. The summed E-state index contributed by atoms with van der Waals surface area (Å²) in [6.07, 6.45) is 0.699. The Hall–Kier alpha value is -3.00. The fourth-order valence-electron chi connectivity index (χ4n) is 2.81. The van der Waals surface area contributed by atoms with Crippen LogP contribution in [0.2, 0.25) is 0 Å². The third-order valence-electron chi connectivity index (χ3n) is 4.29. The zero-order chi connectivity index (χ0) is 19.9. The van der Waals surface area contributed by atoms with Crippen LogP contribution in [-0.2, 0) is 11.2 Å². The molecule has 0 spiro atoms. The molecule has 0 aliphatic rings. The van der Waals surface area contributed by atoms with E-state index >= 15 is 0 Å². The molecule has 0 fully saturated rings. The average molecular weight is 398 g/mol. The van der Waals surface area contributed by atoms with E-state index in [-0.39, 0.29) is 11.7 Å². The fourth-order valence-corrected chi connectivity index (χ4v) is 3.50. The van der Waals surface area contributed by atoms with Crippen molar-refractivity contribution in [2.45, 2.75) is 18.5 Å². The Balaban J connectivity index is 1.52. The average Bonchev–Trinajstić information content (AvgIpc) is 3.07. The number of ether oxygens (including phenoxy) is 1.